The molecule has 0 bridgehead atoms. The molecule has 2 heterocycles. The van der Waals surface area contributed by atoms with Gasteiger partial charge in [-0.15, -0.1) is 0 Å². The summed E-state index contributed by atoms with van der Waals surface area (Å²) >= 11 is 6.26. The van der Waals surface area contributed by atoms with Gasteiger partial charge < -0.3 is 5.32 Å². The third-order valence-corrected chi connectivity index (χ3v) is 4.35. The molecule has 1 aromatic heterocycles. The lowest BCUT2D eigenvalue weighted by molar-refractivity contribution is 0.765. The molecule has 1 aromatic carbocycles. The van der Waals surface area contributed by atoms with E-state index in [9.17, 15) is 0 Å². The van der Waals surface area contributed by atoms with Crippen LogP contribution in [0.15, 0.2) is 18.2 Å². The van der Waals surface area contributed by atoms with Crippen LogP contribution in [0.2, 0.25) is 5.02 Å². The SMILES string of the molecule is CCc1nn(-c2ccc(C)c(Cl)c2)c2c1CCCCN2. The number of hydrogen-bond acceptors (Lipinski definition) is 2. The molecular formula is C16H20ClN3. The average molecular weight is 290 g/mol. The predicted molar refractivity (Wildman–Crippen MR) is 84.1 cm³/mol. The summed E-state index contributed by atoms with van der Waals surface area (Å²) in [5, 5.41) is 9.12. The highest BCUT2D eigenvalue weighted by atomic mass is 35.5. The number of fused-ring (bicyclic) bond motifs is 1. The van der Waals surface area contributed by atoms with E-state index in [0.717, 1.165) is 41.5 Å². The number of benzene rings is 1. The highest BCUT2D eigenvalue weighted by molar-refractivity contribution is 6.31. The van der Waals surface area contributed by atoms with E-state index in [2.05, 4.69) is 18.3 Å². The Balaban J connectivity index is 2.13. The molecule has 0 saturated carbocycles. The molecule has 1 aliphatic rings. The van der Waals surface area contributed by atoms with Crippen LogP contribution in [0.1, 0.15) is 36.6 Å². The monoisotopic (exact) mass is 289 g/mol. The Hall–Kier alpha value is -1.48. The van der Waals surface area contributed by atoms with Gasteiger partial charge in [0.05, 0.1) is 11.4 Å². The Morgan fingerprint density at radius 1 is 1.35 bits per heavy atom. The maximum Gasteiger partial charge on any atom is 0.133 e. The van der Waals surface area contributed by atoms with E-state index in [1.54, 1.807) is 0 Å². The number of nitrogens with one attached hydrogen (secondary N) is 1. The van der Waals surface area contributed by atoms with Gasteiger partial charge in [-0.2, -0.15) is 5.10 Å². The quantitative estimate of drug-likeness (QED) is 0.900. The molecule has 4 heteroatoms. The van der Waals surface area contributed by atoms with Crippen molar-refractivity contribution in [1.82, 2.24) is 9.78 Å². The van der Waals surface area contributed by atoms with Crippen molar-refractivity contribution in [2.24, 2.45) is 0 Å². The number of aromatic nitrogens is 2. The van der Waals surface area contributed by atoms with Crippen molar-refractivity contribution in [3.63, 3.8) is 0 Å². The maximum atomic E-state index is 6.26. The number of rotatable bonds is 2. The van der Waals surface area contributed by atoms with Gasteiger partial charge >= 0.3 is 0 Å². The fourth-order valence-corrected chi connectivity index (χ4v) is 2.93. The molecule has 1 aliphatic heterocycles. The number of nitrogens with zero attached hydrogens (tertiary/aromatic N) is 2. The van der Waals surface area contributed by atoms with Crippen molar-refractivity contribution in [3.05, 3.63) is 40.0 Å². The van der Waals surface area contributed by atoms with E-state index in [1.165, 1.54) is 24.1 Å². The van der Waals surface area contributed by atoms with Crippen molar-refractivity contribution >= 4 is 17.4 Å². The first-order valence-corrected chi connectivity index (χ1v) is 7.69. The van der Waals surface area contributed by atoms with Gasteiger partial charge in [-0.05, 0) is 50.3 Å². The second-order valence-corrected chi connectivity index (χ2v) is 5.76. The van der Waals surface area contributed by atoms with Crippen molar-refractivity contribution in [3.8, 4) is 5.69 Å². The lowest BCUT2D eigenvalue weighted by atomic mass is 10.1. The molecule has 106 valence electrons. The summed E-state index contributed by atoms with van der Waals surface area (Å²) in [7, 11) is 0. The van der Waals surface area contributed by atoms with Crippen LogP contribution in [0, 0.1) is 6.92 Å². The molecule has 0 saturated heterocycles. The van der Waals surface area contributed by atoms with Crippen LogP contribution in [0.3, 0.4) is 0 Å². The van der Waals surface area contributed by atoms with Crippen molar-refractivity contribution in [2.45, 2.75) is 39.5 Å². The van der Waals surface area contributed by atoms with Gasteiger partial charge in [0.1, 0.15) is 5.82 Å². The van der Waals surface area contributed by atoms with Crippen LogP contribution < -0.4 is 5.32 Å². The Morgan fingerprint density at radius 2 is 2.20 bits per heavy atom. The molecule has 0 atom stereocenters. The van der Waals surface area contributed by atoms with Crippen molar-refractivity contribution in [2.75, 3.05) is 11.9 Å². The van der Waals surface area contributed by atoms with Gasteiger partial charge in [0.15, 0.2) is 0 Å². The molecule has 0 fully saturated rings. The summed E-state index contributed by atoms with van der Waals surface area (Å²) in [6, 6.07) is 6.13. The Morgan fingerprint density at radius 3 is 2.95 bits per heavy atom. The Kier molecular flexibility index (Phi) is 3.70. The maximum absolute atomic E-state index is 6.26. The predicted octanol–water partition coefficient (Wildman–Crippen LogP) is 4.14. The number of halogens is 1. The van der Waals surface area contributed by atoms with E-state index >= 15 is 0 Å². The van der Waals surface area contributed by atoms with Gasteiger partial charge in [-0.1, -0.05) is 24.6 Å². The first-order valence-electron chi connectivity index (χ1n) is 7.32. The van der Waals surface area contributed by atoms with Crippen LogP contribution in [-0.2, 0) is 12.8 Å². The summed E-state index contributed by atoms with van der Waals surface area (Å²) in [6.07, 6.45) is 4.53. The first kappa shape index (κ1) is 13.5. The number of hydrogen-bond donors (Lipinski definition) is 1. The van der Waals surface area contributed by atoms with Gasteiger partial charge in [0, 0.05) is 17.1 Å². The van der Waals surface area contributed by atoms with E-state index < -0.39 is 0 Å². The molecule has 2 aromatic rings. The minimum atomic E-state index is 0.790. The number of anilines is 1. The fraction of sp³-hybridized carbons (Fsp3) is 0.438. The molecule has 0 radical (unpaired) electrons. The summed E-state index contributed by atoms with van der Waals surface area (Å²) in [4.78, 5) is 0. The second kappa shape index (κ2) is 5.49. The molecule has 3 rings (SSSR count). The lowest BCUT2D eigenvalue weighted by Crippen LogP contribution is -2.07. The molecule has 1 N–H and O–H groups in total. The molecule has 0 spiro atoms. The van der Waals surface area contributed by atoms with Crippen LogP contribution >= 0.6 is 11.6 Å². The lowest BCUT2D eigenvalue weighted by Gasteiger charge is -2.10. The smallest absolute Gasteiger partial charge is 0.133 e. The highest BCUT2D eigenvalue weighted by Gasteiger charge is 2.19. The molecule has 20 heavy (non-hydrogen) atoms. The van der Waals surface area contributed by atoms with E-state index in [1.807, 2.05) is 23.7 Å². The zero-order chi connectivity index (χ0) is 14.1. The minimum absolute atomic E-state index is 0.790. The normalized spacial score (nSPS) is 14.6. The molecule has 0 aliphatic carbocycles. The fourth-order valence-electron chi connectivity index (χ4n) is 2.76. The van der Waals surface area contributed by atoms with Gasteiger partial charge in [-0.3, -0.25) is 0 Å². The van der Waals surface area contributed by atoms with Crippen LogP contribution in [0.25, 0.3) is 5.69 Å². The zero-order valence-corrected chi connectivity index (χ0v) is 12.8. The van der Waals surface area contributed by atoms with Gasteiger partial charge in [0.2, 0.25) is 0 Å². The third kappa shape index (κ3) is 2.31. The van der Waals surface area contributed by atoms with Crippen LogP contribution in [0.5, 0.6) is 0 Å². The largest absolute Gasteiger partial charge is 0.370 e. The molecule has 3 nitrogen and oxygen atoms in total. The van der Waals surface area contributed by atoms with Crippen molar-refractivity contribution in [1.29, 1.82) is 0 Å². The number of aryl methyl sites for hydroxylation is 2. The molecular weight excluding hydrogens is 270 g/mol. The van der Waals surface area contributed by atoms with E-state index in [4.69, 9.17) is 16.7 Å². The summed E-state index contributed by atoms with van der Waals surface area (Å²) < 4.78 is 2.02. The Labute approximate surface area is 124 Å². The summed E-state index contributed by atoms with van der Waals surface area (Å²) in [6.45, 7) is 5.20. The molecule has 0 unspecified atom stereocenters. The van der Waals surface area contributed by atoms with Crippen LogP contribution in [-0.4, -0.2) is 16.3 Å². The van der Waals surface area contributed by atoms with Gasteiger partial charge in [0.25, 0.3) is 0 Å². The Bertz CT molecular complexity index is 631. The molecule has 0 amide bonds. The first-order chi connectivity index (χ1) is 9.70. The van der Waals surface area contributed by atoms with Gasteiger partial charge in [-0.25, -0.2) is 4.68 Å². The van der Waals surface area contributed by atoms with E-state index in [0.29, 0.717) is 0 Å². The standard InChI is InChI=1S/C16H20ClN3/c1-3-15-13-6-4-5-9-18-16(13)20(19-15)12-8-7-11(2)14(17)10-12/h7-8,10,18H,3-6,9H2,1-2H3. The summed E-state index contributed by atoms with van der Waals surface area (Å²) in [5.41, 5.74) is 4.70. The summed E-state index contributed by atoms with van der Waals surface area (Å²) in [5.74, 6) is 1.15. The third-order valence-electron chi connectivity index (χ3n) is 3.95. The minimum Gasteiger partial charge on any atom is -0.370 e. The van der Waals surface area contributed by atoms with E-state index in [-0.39, 0.29) is 0 Å². The average Bonchev–Trinajstić information content (AvgIpc) is 2.63. The topological polar surface area (TPSA) is 29.9 Å². The van der Waals surface area contributed by atoms with Crippen molar-refractivity contribution < 1.29 is 0 Å². The van der Waals surface area contributed by atoms with Crippen LogP contribution in [0.4, 0.5) is 5.82 Å². The highest BCUT2D eigenvalue weighted by Crippen LogP contribution is 2.29. The zero-order valence-electron chi connectivity index (χ0n) is 12.0. The second-order valence-electron chi connectivity index (χ2n) is 5.36.